The maximum atomic E-state index is 5.89. The van der Waals surface area contributed by atoms with Crippen molar-refractivity contribution >= 4 is 0 Å². The van der Waals surface area contributed by atoms with Gasteiger partial charge in [0.05, 0.1) is 7.11 Å². The molecule has 0 bridgehead atoms. The predicted octanol–water partition coefficient (Wildman–Crippen LogP) is 5.72. The number of ether oxygens (including phenoxy) is 2. The molecule has 0 fully saturated rings. The molecule has 0 heterocycles. The van der Waals surface area contributed by atoms with E-state index in [1.807, 2.05) is 36.4 Å². The van der Waals surface area contributed by atoms with Gasteiger partial charge in [-0.1, -0.05) is 43.3 Å². The summed E-state index contributed by atoms with van der Waals surface area (Å²) in [5.41, 5.74) is 3.62. The third-order valence-corrected chi connectivity index (χ3v) is 3.84. The van der Waals surface area contributed by atoms with Crippen LogP contribution in [0.25, 0.3) is 11.1 Å². The summed E-state index contributed by atoms with van der Waals surface area (Å²) in [6, 6.07) is 24.4. The molecule has 2 heteroatoms. The zero-order valence-electron chi connectivity index (χ0n) is 13.5. The van der Waals surface area contributed by atoms with Crippen LogP contribution in [0.3, 0.4) is 0 Å². The molecule has 2 nitrogen and oxygen atoms in total. The van der Waals surface area contributed by atoms with E-state index >= 15 is 0 Å². The van der Waals surface area contributed by atoms with Crippen LogP contribution in [-0.4, -0.2) is 7.11 Å². The highest BCUT2D eigenvalue weighted by Crippen LogP contribution is 2.27. The van der Waals surface area contributed by atoms with E-state index in [-0.39, 0.29) is 0 Å². The fourth-order valence-electron chi connectivity index (χ4n) is 2.43. The van der Waals surface area contributed by atoms with Crippen LogP contribution >= 0.6 is 0 Å². The molecule has 0 radical (unpaired) electrons. The van der Waals surface area contributed by atoms with Gasteiger partial charge in [-0.15, -0.1) is 0 Å². The van der Waals surface area contributed by atoms with E-state index in [2.05, 4.69) is 43.3 Å². The van der Waals surface area contributed by atoms with Crippen molar-refractivity contribution in [2.45, 2.75) is 13.3 Å². The van der Waals surface area contributed by atoms with Crippen LogP contribution < -0.4 is 9.47 Å². The lowest BCUT2D eigenvalue weighted by Crippen LogP contribution is -1.86. The van der Waals surface area contributed by atoms with Crippen LogP contribution in [0.1, 0.15) is 12.5 Å². The first-order valence-electron chi connectivity index (χ1n) is 7.80. The molecular weight excluding hydrogens is 284 g/mol. The highest BCUT2D eigenvalue weighted by molar-refractivity contribution is 5.65. The van der Waals surface area contributed by atoms with Gasteiger partial charge in [0, 0.05) is 0 Å². The Kier molecular flexibility index (Phi) is 4.62. The molecule has 0 N–H and O–H groups in total. The molecule has 3 aromatic rings. The minimum absolute atomic E-state index is 0.839. The fourth-order valence-corrected chi connectivity index (χ4v) is 2.43. The Hall–Kier alpha value is -2.74. The van der Waals surface area contributed by atoms with E-state index in [1.165, 1.54) is 5.56 Å². The van der Waals surface area contributed by atoms with Crippen LogP contribution in [0.4, 0.5) is 0 Å². The quantitative estimate of drug-likeness (QED) is 0.600. The van der Waals surface area contributed by atoms with Crippen molar-refractivity contribution in [2.75, 3.05) is 7.11 Å². The second kappa shape index (κ2) is 7.01. The van der Waals surface area contributed by atoms with E-state index in [0.29, 0.717) is 0 Å². The molecule has 0 aliphatic rings. The summed E-state index contributed by atoms with van der Waals surface area (Å²) < 4.78 is 11.1. The Morgan fingerprint density at radius 2 is 1.04 bits per heavy atom. The standard InChI is InChI=1S/C21H20O2/c1-3-16-4-10-20(11-5-16)23-21-14-8-18(9-15-21)17-6-12-19(22-2)13-7-17/h4-15H,3H2,1-2H3. The Bertz CT molecular complexity index is 741. The fraction of sp³-hybridized carbons (Fsp3) is 0.143. The molecule has 0 aliphatic carbocycles. The molecule has 23 heavy (non-hydrogen) atoms. The maximum Gasteiger partial charge on any atom is 0.127 e. The molecule has 3 rings (SSSR count). The summed E-state index contributed by atoms with van der Waals surface area (Å²) in [5.74, 6) is 2.56. The average molecular weight is 304 g/mol. The number of methoxy groups -OCH3 is 1. The highest BCUT2D eigenvalue weighted by Gasteiger charge is 2.01. The molecule has 0 unspecified atom stereocenters. The largest absolute Gasteiger partial charge is 0.497 e. The SMILES string of the molecule is CCc1ccc(Oc2ccc(-c3ccc(OC)cc3)cc2)cc1. The Labute approximate surface area is 137 Å². The molecule has 116 valence electrons. The van der Waals surface area contributed by atoms with Crippen molar-refractivity contribution in [1.82, 2.24) is 0 Å². The Morgan fingerprint density at radius 3 is 1.48 bits per heavy atom. The minimum Gasteiger partial charge on any atom is -0.497 e. The lowest BCUT2D eigenvalue weighted by molar-refractivity contribution is 0.415. The van der Waals surface area contributed by atoms with Crippen molar-refractivity contribution in [3.8, 4) is 28.4 Å². The molecule has 3 aromatic carbocycles. The number of aryl methyl sites for hydroxylation is 1. The summed E-state index contributed by atoms with van der Waals surface area (Å²) in [4.78, 5) is 0. The van der Waals surface area contributed by atoms with E-state index in [0.717, 1.165) is 34.8 Å². The van der Waals surface area contributed by atoms with Crippen molar-refractivity contribution in [1.29, 1.82) is 0 Å². The Morgan fingerprint density at radius 1 is 0.609 bits per heavy atom. The van der Waals surface area contributed by atoms with Crippen molar-refractivity contribution in [3.63, 3.8) is 0 Å². The zero-order valence-corrected chi connectivity index (χ0v) is 13.5. The van der Waals surface area contributed by atoms with Gasteiger partial charge in [0.25, 0.3) is 0 Å². The van der Waals surface area contributed by atoms with Gasteiger partial charge in [-0.2, -0.15) is 0 Å². The third-order valence-electron chi connectivity index (χ3n) is 3.84. The molecule has 0 atom stereocenters. The van der Waals surface area contributed by atoms with E-state index < -0.39 is 0 Å². The van der Waals surface area contributed by atoms with Crippen molar-refractivity contribution < 1.29 is 9.47 Å². The molecule has 0 spiro atoms. The van der Waals surface area contributed by atoms with Crippen LogP contribution in [-0.2, 0) is 6.42 Å². The first-order chi connectivity index (χ1) is 11.3. The molecule has 0 saturated carbocycles. The topological polar surface area (TPSA) is 18.5 Å². The van der Waals surface area contributed by atoms with Gasteiger partial charge in [0.1, 0.15) is 17.2 Å². The summed E-state index contributed by atoms with van der Waals surface area (Å²) in [5, 5.41) is 0. The first-order valence-corrected chi connectivity index (χ1v) is 7.80. The van der Waals surface area contributed by atoms with Crippen LogP contribution in [0.5, 0.6) is 17.2 Å². The molecular formula is C21H20O2. The first kappa shape index (κ1) is 15.2. The van der Waals surface area contributed by atoms with Crippen molar-refractivity contribution in [3.05, 3.63) is 78.4 Å². The smallest absolute Gasteiger partial charge is 0.127 e. The van der Waals surface area contributed by atoms with Crippen LogP contribution in [0, 0.1) is 0 Å². The summed E-state index contributed by atoms with van der Waals surface area (Å²) in [6.45, 7) is 2.15. The lowest BCUT2D eigenvalue weighted by Gasteiger charge is -2.08. The van der Waals surface area contributed by atoms with E-state index in [1.54, 1.807) is 7.11 Å². The number of rotatable bonds is 5. The molecule has 0 aromatic heterocycles. The molecule has 0 aliphatic heterocycles. The second-order valence-electron chi connectivity index (χ2n) is 5.35. The average Bonchev–Trinajstić information content (AvgIpc) is 2.63. The van der Waals surface area contributed by atoms with Gasteiger partial charge in [0.15, 0.2) is 0 Å². The summed E-state index contributed by atoms with van der Waals surface area (Å²) in [7, 11) is 1.67. The summed E-state index contributed by atoms with van der Waals surface area (Å²) >= 11 is 0. The molecule has 0 saturated heterocycles. The van der Waals surface area contributed by atoms with Gasteiger partial charge in [-0.05, 0) is 59.5 Å². The van der Waals surface area contributed by atoms with Gasteiger partial charge < -0.3 is 9.47 Å². The van der Waals surface area contributed by atoms with Crippen LogP contribution in [0.15, 0.2) is 72.8 Å². The van der Waals surface area contributed by atoms with Gasteiger partial charge in [-0.25, -0.2) is 0 Å². The lowest BCUT2D eigenvalue weighted by atomic mass is 10.1. The van der Waals surface area contributed by atoms with E-state index in [9.17, 15) is 0 Å². The van der Waals surface area contributed by atoms with Gasteiger partial charge in [-0.3, -0.25) is 0 Å². The minimum atomic E-state index is 0.839. The van der Waals surface area contributed by atoms with E-state index in [4.69, 9.17) is 9.47 Å². The zero-order chi connectivity index (χ0) is 16.1. The number of benzene rings is 3. The van der Waals surface area contributed by atoms with Crippen LogP contribution in [0.2, 0.25) is 0 Å². The monoisotopic (exact) mass is 304 g/mol. The third kappa shape index (κ3) is 3.72. The maximum absolute atomic E-state index is 5.89. The second-order valence-corrected chi connectivity index (χ2v) is 5.35. The number of hydrogen-bond acceptors (Lipinski definition) is 2. The normalized spacial score (nSPS) is 10.3. The van der Waals surface area contributed by atoms with Crippen molar-refractivity contribution in [2.24, 2.45) is 0 Å². The predicted molar refractivity (Wildman–Crippen MR) is 94.3 cm³/mol. The summed E-state index contributed by atoms with van der Waals surface area (Å²) in [6.07, 6.45) is 1.04. The number of hydrogen-bond donors (Lipinski definition) is 0. The molecule has 0 amide bonds. The van der Waals surface area contributed by atoms with Gasteiger partial charge in [0.2, 0.25) is 0 Å². The highest BCUT2D eigenvalue weighted by atomic mass is 16.5. The Balaban J connectivity index is 1.72. The van der Waals surface area contributed by atoms with Gasteiger partial charge >= 0.3 is 0 Å².